The van der Waals surface area contributed by atoms with Gasteiger partial charge in [-0.15, -0.1) is 11.3 Å². The Balaban J connectivity index is 1.60. The first-order valence-electron chi connectivity index (χ1n) is 9.33. The van der Waals surface area contributed by atoms with Gasteiger partial charge in [-0.2, -0.15) is 5.26 Å². The summed E-state index contributed by atoms with van der Waals surface area (Å²) < 4.78 is 32.9. The molecule has 9 heteroatoms. The van der Waals surface area contributed by atoms with Crippen molar-refractivity contribution >= 4 is 23.1 Å². The predicted octanol–water partition coefficient (Wildman–Crippen LogP) is 5.62. The zero-order valence-electron chi connectivity index (χ0n) is 16.7. The fourth-order valence-corrected chi connectivity index (χ4v) is 4.65. The Hall–Kier alpha value is -3.48. The molecule has 0 aliphatic carbocycles. The van der Waals surface area contributed by atoms with E-state index in [4.69, 9.17) is 4.74 Å². The first-order chi connectivity index (χ1) is 15.5. The molecular weight excluding hydrogens is 452 g/mol. The molecule has 0 saturated carbocycles. The van der Waals surface area contributed by atoms with Gasteiger partial charge in [0.05, 0.1) is 12.0 Å². The van der Waals surface area contributed by atoms with E-state index in [-0.39, 0.29) is 5.56 Å². The maximum atomic E-state index is 14.1. The maximum Gasteiger partial charge on any atom is 0.270 e. The van der Waals surface area contributed by atoms with Crippen LogP contribution in [0.15, 0.2) is 63.9 Å². The summed E-state index contributed by atoms with van der Waals surface area (Å²) in [6, 6.07) is 15.2. The van der Waals surface area contributed by atoms with Gasteiger partial charge in [0.2, 0.25) is 0 Å². The Morgan fingerprint density at radius 2 is 1.94 bits per heavy atom. The van der Waals surface area contributed by atoms with Crippen LogP contribution in [0.2, 0.25) is 0 Å². The van der Waals surface area contributed by atoms with Crippen LogP contribution in [0, 0.1) is 23.0 Å². The number of H-pyrrole nitrogens is 1. The highest BCUT2D eigenvalue weighted by Crippen LogP contribution is 2.31. The second kappa shape index (κ2) is 9.34. The number of aromatic nitrogens is 2. The highest BCUT2D eigenvalue weighted by Gasteiger charge is 2.15. The van der Waals surface area contributed by atoms with Gasteiger partial charge in [-0.25, -0.2) is 13.8 Å². The second-order valence-electron chi connectivity index (χ2n) is 6.65. The van der Waals surface area contributed by atoms with E-state index in [1.54, 1.807) is 18.2 Å². The van der Waals surface area contributed by atoms with Crippen molar-refractivity contribution in [3.05, 3.63) is 87.0 Å². The molecule has 1 N–H and O–H groups in total. The molecule has 4 rings (SSSR count). The SMILES string of the molecule is COc1c(F)cc(-c2cccc(CSc3nc(-c4cccs4)c(C#N)c(=O)[nH]3)c2)cc1F. The molecule has 0 fully saturated rings. The maximum absolute atomic E-state index is 14.1. The smallest absolute Gasteiger partial charge is 0.270 e. The van der Waals surface area contributed by atoms with Crippen LogP contribution < -0.4 is 10.3 Å². The number of benzene rings is 2. The van der Waals surface area contributed by atoms with Crippen LogP contribution in [0.5, 0.6) is 5.75 Å². The van der Waals surface area contributed by atoms with E-state index in [0.29, 0.717) is 27.7 Å². The molecule has 0 spiro atoms. The van der Waals surface area contributed by atoms with E-state index in [0.717, 1.165) is 10.4 Å². The molecule has 0 bridgehead atoms. The molecule has 0 aliphatic rings. The minimum Gasteiger partial charge on any atom is -0.491 e. The first kappa shape index (κ1) is 21.7. The van der Waals surface area contributed by atoms with Gasteiger partial charge in [0.1, 0.15) is 17.3 Å². The lowest BCUT2D eigenvalue weighted by atomic mass is 10.0. The third kappa shape index (κ3) is 4.42. The Labute approximate surface area is 190 Å². The quantitative estimate of drug-likeness (QED) is 0.294. The number of nitrogens with one attached hydrogen (secondary N) is 1. The average molecular weight is 468 g/mol. The number of halogens is 2. The predicted molar refractivity (Wildman–Crippen MR) is 121 cm³/mol. The molecule has 2 heterocycles. The molecule has 5 nitrogen and oxygen atoms in total. The molecule has 4 aromatic rings. The Kier molecular flexibility index (Phi) is 6.35. The van der Waals surface area contributed by atoms with Gasteiger partial charge in [0.15, 0.2) is 22.5 Å². The molecule has 2 aromatic heterocycles. The fourth-order valence-electron chi connectivity index (χ4n) is 3.13. The number of hydrogen-bond acceptors (Lipinski definition) is 6. The summed E-state index contributed by atoms with van der Waals surface area (Å²) in [5.41, 5.74) is 1.73. The number of hydrogen-bond donors (Lipinski definition) is 1. The first-order valence-corrected chi connectivity index (χ1v) is 11.2. The van der Waals surface area contributed by atoms with E-state index < -0.39 is 22.9 Å². The lowest BCUT2D eigenvalue weighted by molar-refractivity contribution is 0.360. The zero-order chi connectivity index (χ0) is 22.7. The summed E-state index contributed by atoms with van der Waals surface area (Å²) in [5, 5.41) is 11.6. The average Bonchev–Trinajstić information content (AvgIpc) is 3.32. The molecule has 0 saturated heterocycles. The minimum atomic E-state index is -0.775. The van der Waals surface area contributed by atoms with Crippen molar-refractivity contribution in [3.63, 3.8) is 0 Å². The van der Waals surface area contributed by atoms with Crippen LogP contribution in [0.3, 0.4) is 0 Å². The number of ether oxygens (including phenoxy) is 1. The van der Waals surface area contributed by atoms with Gasteiger partial charge in [-0.3, -0.25) is 4.79 Å². The van der Waals surface area contributed by atoms with Crippen molar-refractivity contribution in [2.24, 2.45) is 0 Å². The topological polar surface area (TPSA) is 78.8 Å². The van der Waals surface area contributed by atoms with Gasteiger partial charge in [-0.05, 0) is 40.3 Å². The number of thiophene rings is 1. The summed E-state index contributed by atoms with van der Waals surface area (Å²) >= 11 is 2.69. The van der Waals surface area contributed by atoms with Crippen molar-refractivity contribution in [2.45, 2.75) is 10.9 Å². The van der Waals surface area contributed by atoms with Gasteiger partial charge < -0.3 is 9.72 Å². The molecule has 32 heavy (non-hydrogen) atoms. The van der Waals surface area contributed by atoms with Gasteiger partial charge in [0.25, 0.3) is 5.56 Å². The number of nitriles is 1. The Bertz CT molecular complexity index is 1360. The Morgan fingerprint density at radius 1 is 1.16 bits per heavy atom. The van der Waals surface area contributed by atoms with Crippen molar-refractivity contribution in [3.8, 4) is 33.5 Å². The summed E-state index contributed by atoms with van der Waals surface area (Å²) in [7, 11) is 1.21. The van der Waals surface area contributed by atoms with E-state index in [2.05, 4.69) is 9.97 Å². The van der Waals surface area contributed by atoms with E-state index in [1.807, 2.05) is 29.6 Å². The number of rotatable bonds is 6. The number of thioether (sulfide) groups is 1. The third-order valence-electron chi connectivity index (χ3n) is 4.60. The molecular formula is C23H15F2N3O2S2. The normalized spacial score (nSPS) is 10.7. The molecule has 0 atom stereocenters. The van der Waals surface area contributed by atoms with E-state index in [1.165, 1.54) is 42.3 Å². The third-order valence-corrected chi connectivity index (χ3v) is 6.42. The summed E-state index contributed by atoms with van der Waals surface area (Å²) in [6.45, 7) is 0. The summed E-state index contributed by atoms with van der Waals surface area (Å²) in [5.74, 6) is -1.52. The number of nitrogens with zero attached hydrogens (tertiary/aromatic N) is 2. The molecule has 0 unspecified atom stereocenters. The van der Waals surface area contributed by atoms with Gasteiger partial charge in [-0.1, -0.05) is 42.1 Å². The van der Waals surface area contributed by atoms with Gasteiger partial charge in [0, 0.05) is 5.75 Å². The van der Waals surface area contributed by atoms with Crippen molar-refractivity contribution in [1.29, 1.82) is 5.26 Å². The van der Waals surface area contributed by atoms with E-state index >= 15 is 0 Å². The van der Waals surface area contributed by atoms with Crippen LogP contribution in [0.25, 0.3) is 21.7 Å². The lowest BCUT2D eigenvalue weighted by Gasteiger charge is -2.09. The van der Waals surface area contributed by atoms with Crippen LogP contribution in [0.4, 0.5) is 8.78 Å². The molecule has 0 aliphatic heterocycles. The highest BCUT2D eigenvalue weighted by atomic mass is 32.2. The fraction of sp³-hybridized carbons (Fsp3) is 0.0870. The number of aromatic amines is 1. The van der Waals surface area contributed by atoms with Crippen molar-refractivity contribution in [1.82, 2.24) is 9.97 Å². The number of methoxy groups -OCH3 is 1. The minimum absolute atomic E-state index is 0.0256. The largest absolute Gasteiger partial charge is 0.491 e. The lowest BCUT2D eigenvalue weighted by Crippen LogP contribution is -2.14. The second-order valence-corrected chi connectivity index (χ2v) is 8.56. The summed E-state index contributed by atoms with van der Waals surface area (Å²) in [6.07, 6.45) is 0. The zero-order valence-corrected chi connectivity index (χ0v) is 18.3. The standard InChI is InChI=1S/C23H15F2N3O2S2/c1-30-21-17(24)9-15(10-18(21)25)14-5-2-4-13(8-14)12-32-23-27-20(19-6-3-7-31-19)16(11-26)22(29)28-23/h2-10H,12H2,1H3,(H,27,28,29). The molecule has 2 aromatic carbocycles. The van der Waals surface area contributed by atoms with Crippen molar-refractivity contribution < 1.29 is 13.5 Å². The molecule has 0 amide bonds. The monoisotopic (exact) mass is 467 g/mol. The Morgan fingerprint density at radius 3 is 2.59 bits per heavy atom. The van der Waals surface area contributed by atoms with Crippen LogP contribution in [0.1, 0.15) is 11.1 Å². The highest BCUT2D eigenvalue weighted by molar-refractivity contribution is 7.98. The summed E-state index contributed by atoms with van der Waals surface area (Å²) in [4.78, 5) is 20.2. The van der Waals surface area contributed by atoms with Gasteiger partial charge >= 0.3 is 0 Å². The van der Waals surface area contributed by atoms with Crippen LogP contribution >= 0.6 is 23.1 Å². The molecule has 0 radical (unpaired) electrons. The van der Waals surface area contributed by atoms with Crippen LogP contribution in [-0.4, -0.2) is 17.1 Å². The molecule has 160 valence electrons. The van der Waals surface area contributed by atoms with Crippen molar-refractivity contribution in [2.75, 3.05) is 7.11 Å². The van der Waals surface area contributed by atoms with E-state index in [9.17, 15) is 18.8 Å². The van der Waals surface area contributed by atoms with Crippen LogP contribution in [-0.2, 0) is 5.75 Å².